The van der Waals surface area contributed by atoms with Crippen molar-refractivity contribution in [3.05, 3.63) is 24.6 Å². The fourth-order valence-corrected chi connectivity index (χ4v) is 1.89. The van der Waals surface area contributed by atoms with Gasteiger partial charge in [0.05, 0.1) is 0 Å². The Morgan fingerprint density at radius 2 is 1.79 bits per heavy atom. The van der Waals surface area contributed by atoms with Gasteiger partial charge in [-0.1, -0.05) is 27.0 Å². The Labute approximate surface area is 88.5 Å². The maximum atomic E-state index is 5.81. The molecule has 0 aliphatic rings. The van der Waals surface area contributed by atoms with Gasteiger partial charge in [-0.2, -0.15) is 0 Å². The van der Waals surface area contributed by atoms with Crippen LogP contribution < -0.4 is 5.73 Å². The first-order valence-corrected chi connectivity index (χ1v) is 5.28. The Morgan fingerprint density at radius 1 is 1.29 bits per heavy atom. The SMILES string of the molecule is C=C(N)C(CC)C(CC)N(C)C(=C)C. The second-order valence-corrected chi connectivity index (χ2v) is 3.91. The molecule has 0 aromatic heterocycles. The van der Waals surface area contributed by atoms with Gasteiger partial charge in [-0.3, -0.25) is 0 Å². The number of allylic oxidation sites excluding steroid dienone is 1. The predicted octanol–water partition coefficient (Wildman–Crippen LogP) is 2.73. The Balaban J connectivity index is 4.67. The van der Waals surface area contributed by atoms with Gasteiger partial charge in [0, 0.05) is 30.4 Å². The topological polar surface area (TPSA) is 29.3 Å². The molecule has 0 amide bonds. The summed E-state index contributed by atoms with van der Waals surface area (Å²) in [5.74, 6) is 0.363. The first kappa shape index (κ1) is 13.1. The third-order valence-corrected chi connectivity index (χ3v) is 2.90. The molecule has 0 radical (unpaired) electrons. The van der Waals surface area contributed by atoms with Crippen LogP contribution in [0.5, 0.6) is 0 Å². The molecule has 82 valence electrons. The fourth-order valence-electron chi connectivity index (χ4n) is 1.89. The zero-order chi connectivity index (χ0) is 11.3. The van der Waals surface area contributed by atoms with Crippen LogP contribution in [0.1, 0.15) is 33.6 Å². The number of rotatable bonds is 6. The number of hydrogen-bond acceptors (Lipinski definition) is 2. The molecule has 0 bridgehead atoms. The molecule has 0 heterocycles. The van der Waals surface area contributed by atoms with E-state index in [1.54, 1.807) is 0 Å². The largest absolute Gasteiger partial charge is 0.402 e. The molecule has 0 aliphatic heterocycles. The average molecular weight is 196 g/mol. The van der Waals surface area contributed by atoms with Gasteiger partial charge in [-0.25, -0.2) is 0 Å². The van der Waals surface area contributed by atoms with Crippen LogP contribution in [0.2, 0.25) is 0 Å². The van der Waals surface area contributed by atoms with Crippen molar-refractivity contribution in [2.75, 3.05) is 7.05 Å². The molecule has 0 saturated carbocycles. The van der Waals surface area contributed by atoms with E-state index in [1.165, 1.54) is 0 Å². The first-order valence-electron chi connectivity index (χ1n) is 5.28. The summed E-state index contributed by atoms with van der Waals surface area (Å²) in [6, 6.07) is 0.426. The van der Waals surface area contributed by atoms with Crippen LogP contribution in [0.15, 0.2) is 24.6 Å². The Kier molecular flexibility index (Phi) is 5.36. The fraction of sp³-hybridized carbons (Fsp3) is 0.667. The van der Waals surface area contributed by atoms with Crippen LogP contribution in [-0.4, -0.2) is 18.0 Å². The Hall–Kier alpha value is -0.920. The first-order chi connectivity index (χ1) is 6.45. The maximum absolute atomic E-state index is 5.81. The van der Waals surface area contributed by atoms with Gasteiger partial charge >= 0.3 is 0 Å². The van der Waals surface area contributed by atoms with E-state index in [9.17, 15) is 0 Å². The van der Waals surface area contributed by atoms with Crippen molar-refractivity contribution in [3.8, 4) is 0 Å². The number of hydrogen-bond donors (Lipinski definition) is 1. The summed E-state index contributed by atoms with van der Waals surface area (Å²) in [5, 5.41) is 0. The van der Waals surface area contributed by atoms with Gasteiger partial charge in [-0.05, 0) is 19.8 Å². The molecule has 0 aromatic carbocycles. The lowest BCUT2D eigenvalue weighted by atomic mass is 9.91. The zero-order valence-electron chi connectivity index (χ0n) is 10.0. The van der Waals surface area contributed by atoms with Crippen LogP contribution in [0.4, 0.5) is 0 Å². The lowest BCUT2D eigenvalue weighted by molar-refractivity contribution is 0.227. The van der Waals surface area contributed by atoms with Gasteiger partial charge in [0.15, 0.2) is 0 Å². The lowest BCUT2D eigenvalue weighted by Gasteiger charge is -2.35. The molecule has 0 saturated heterocycles. The highest BCUT2D eigenvalue weighted by Gasteiger charge is 2.23. The summed E-state index contributed by atoms with van der Waals surface area (Å²) in [6.07, 6.45) is 2.10. The van der Waals surface area contributed by atoms with E-state index in [4.69, 9.17) is 5.73 Å². The summed E-state index contributed by atoms with van der Waals surface area (Å²) in [7, 11) is 2.07. The molecular formula is C12H24N2. The van der Waals surface area contributed by atoms with Crippen LogP contribution in [0.25, 0.3) is 0 Å². The second-order valence-electron chi connectivity index (χ2n) is 3.91. The molecule has 14 heavy (non-hydrogen) atoms. The van der Waals surface area contributed by atoms with Crippen molar-refractivity contribution in [1.29, 1.82) is 0 Å². The second kappa shape index (κ2) is 5.74. The summed E-state index contributed by atoms with van der Waals surface area (Å²) < 4.78 is 0. The summed E-state index contributed by atoms with van der Waals surface area (Å²) in [6.45, 7) is 14.2. The number of nitrogens with two attached hydrogens (primary N) is 1. The van der Waals surface area contributed by atoms with Crippen molar-refractivity contribution in [1.82, 2.24) is 4.90 Å². The van der Waals surface area contributed by atoms with Gasteiger partial charge in [0.25, 0.3) is 0 Å². The van der Waals surface area contributed by atoms with Crippen LogP contribution in [0.3, 0.4) is 0 Å². The highest BCUT2D eigenvalue weighted by atomic mass is 15.1. The van der Waals surface area contributed by atoms with E-state index < -0.39 is 0 Å². The molecule has 2 unspecified atom stereocenters. The van der Waals surface area contributed by atoms with Gasteiger partial charge in [-0.15, -0.1) is 0 Å². The third-order valence-electron chi connectivity index (χ3n) is 2.90. The average Bonchev–Trinajstić information content (AvgIpc) is 2.11. The summed E-state index contributed by atoms with van der Waals surface area (Å²) in [5.41, 5.74) is 7.68. The minimum Gasteiger partial charge on any atom is -0.402 e. The van der Waals surface area contributed by atoms with E-state index in [1.807, 2.05) is 6.92 Å². The summed E-state index contributed by atoms with van der Waals surface area (Å²) >= 11 is 0. The van der Waals surface area contributed by atoms with E-state index in [0.717, 1.165) is 24.2 Å². The van der Waals surface area contributed by atoms with Gasteiger partial charge in [0.1, 0.15) is 0 Å². The normalized spacial score (nSPS) is 14.6. The van der Waals surface area contributed by atoms with Crippen LogP contribution >= 0.6 is 0 Å². The molecule has 2 atom stereocenters. The molecule has 2 nitrogen and oxygen atoms in total. The molecule has 2 heteroatoms. The molecule has 0 rings (SSSR count). The predicted molar refractivity (Wildman–Crippen MR) is 63.8 cm³/mol. The van der Waals surface area contributed by atoms with Crippen molar-refractivity contribution >= 4 is 0 Å². The van der Waals surface area contributed by atoms with Crippen molar-refractivity contribution in [2.45, 2.75) is 39.7 Å². The molecule has 0 aromatic rings. The minimum atomic E-state index is 0.363. The molecule has 0 fully saturated rings. The van der Waals surface area contributed by atoms with Crippen LogP contribution in [0, 0.1) is 5.92 Å². The smallest absolute Gasteiger partial charge is 0.0363 e. The minimum absolute atomic E-state index is 0.363. The lowest BCUT2D eigenvalue weighted by Crippen LogP contribution is -2.38. The molecule has 0 aliphatic carbocycles. The van der Waals surface area contributed by atoms with E-state index in [-0.39, 0.29) is 0 Å². The highest BCUT2D eigenvalue weighted by Crippen LogP contribution is 2.23. The number of nitrogens with zero attached hydrogens (tertiary/aromatic N) is 1. The molecule has 0 spiro atoms. The van der Waals surface area contributed by atoms with E-state index in [0.29, 0.717) is 12.0 Å². The monoisotopic (exact) mass is 196 g/mol. The zero-order valence-corrected chi connectivity index (χ0v) is 10.0. The maximum Gasteiger partial charge on any atom is 0.0363 e. The Bertz CT molecular complexity index is 208. The van der Waals surface area contributed by atoms with E-state index in [2.05, 4.69) is 39.0 Å². The van der Waals surface area contributed by atoms with Crippen molar-refractivity contribution in [3.63, 3.8) is 0 Å². The van der Waals surface area contributed by atoms with Gasteiger partial charge < -0.3 is 10.6 Å². The Morgan fingerprint density at radius 3 is 2.00 bits per heavy atom. The van der Waals surface area contributed by atoms with E-state index >= 15 is 0 Å². The highest BCUT2D eigenvalue weighted by molar-refractivity contribution is 5.03. The summed E-state index contributed by atoms with van der Waals surface area (Å²) in [4.78, 5) is 2.20. The third kappa shape index (κ3) is 3.09. The molecular weight excluding hydrogens is 172 g/mol. The van der Waals surface area contributed by atoms with Crippen molar-refractivity contribution < 1.29 is 0 Å². The van der Waals surface area contributed by atoms with Crippen LogP contribution in [-0.2, 0) is 0 Å². The van der Waals surface area contributed by atoms with Gasteiger partial charge in [0.2, 0.25) is 0 Å². The quantitative estimate of drug-likeness (QED) is 0.707. The van der Waals surface area contributed by atoms with Crippen molar-refractivity contribution in [2.24, 2.45) is 11.7 Å². The standard InChI is InChI=1S/C12H24N2/c1-7-11(10(5)13)12(8-2)14(6)9(3)4/h11-12H,3,5,7-8,13H2,1-2,4,6H3. The molecule has 2 N–H and O–H groups in total.